The van der Waals surface area contributed by atoms with Crippen molar-refractivity contribution in [1.82, 2.24) is 19.9 Å². The first-order valence-corrected chi connectivity index (χ1v) is 12.5. The largest absolute Gasteiger partial charge is 0.354 e. The van der Waals surface area contributed by atoms with E-state index in [4.69, 9.17) is 22.8 Å². The predicted octanol–water partition coefficient (Wildman–Crippen LogP) is 6.97. The molecule has 1 N–H and O–H groups in total. The number of aromatic amines is 1. The summed E-state index contributed by atoms with van der Waals surface area (Å²) in [6.45, 7) is 0. The molecule has 2 heterocycles. The zero-order valence-corrected chi connectivity index (χ0v) is 20.5. The van der Waals surface area contributed by atoms with Gasteiger partial charge >= 0.3 is 0 Å². The summed E-state index contributed by atoms with van der Waals surface area (Å²) >= 11 is 0. The van der Waals surface area contributed by atoms with Crippen LogP contribution in [0.2, 0.25) is 0 Å². The van der Waals surface area contributed by atoms with Crippen molar-refractivity contribution in [2.24, 2.45) is 0 Å². The molecule has 0 aliphatic carbocycles. The second-order valence-electron chi connectivity index (χ2n) is 9.24. The summed E-state index contributed by atoms with van der Waals surface area (Å²) in [6.07, 6.45) is 0. The van der Waals surface area contributed by atoms with Gasteiger partial charge in [0.1, 0.15) is 7.85 Å². The number of nitrogens with one attached hydrogen (secondary N) is 1. The molecule has 0 bridgehead atoms. The molecule has 0 fully saturated rings. The molecule has 7 aromatic rings. The zero-order valence-electron chi connectivity index (χ0n) is 20.5. The van der Waals surface area contributed by atoms with Crippen molar-refractivity contribution < 1.29 is 0 Å². The van der Waals surface area contributed by atoms with Crippen LogP contribution in [-0.4, -0.2) is 27.8 Å². The Labute approximate surface area is 221 Å². The first kappa shape index (κ1) is 22.2. The highest BCUT2D eigenvalue weighted by Crippen LogP contribution is 2.34. The molecule has 7 rings (SSSR count). The van der Waals surface area contributed by atoms with Crippen molar-refractivity contribution in [2.45, 2.75) is 0 Å². The van der Waals surface area contributed by atoms with E-state index < -0.39 is 0 Å². The van der Waals surface area contributed by atoms with Crippen molar-refractivity contribution in [3.05, 3.63) is 121 Å². The van der Waals surface area contributed by atoms with Gasteiger partial charge in [-0.05, 0) is 11.6 Å². The average Bonchev–Trinajstić information content (AvgIpc) is 3.38. The molecule has 0 amide bonds. The summed E-state index contributed by atoms with van der Waals surface area (Å²) in [7, 11) is 6.28. The Morgan fingerprint density at radius 1 is 0.447 bits per heavy atom. The average molecular weight is 484 g/mol. The highest BCUT2D eigenvalue weighted by Gasteiger charge is 2.14. The maximum absolute atomic E-state index is 6.28. The van der Waals surface area contributed by atoms with Crippen LogP contribution in [0.4, 0.5) is 0 Å². The number of hydrogen-bond acceptors (Lipinski definition) is 3. The first-order valence-electron chi connectivity index (χ1n) is 12.5. The Balaban J connectivity index is 1.40. The molecule has 0 spiro atoms. The fourth-order valence-corrected chi connectivity index (χ4v) is 4.97. The Morgan fingerprint density at radius 2 is 0.947 bits per heavy atom. The molecule has 0 unspecified atom stereocenters. The second-order valence-corrected chi connectivity index (χ2v) is 9.24. The van der Waals surface area contributed by atoms with E-state index in [1.165, 1.54) is 0 Å². The van der Waals surface area contributed by atoms with Gasteiger partial charge in [0.05, 0.1) is 5.52 Å². The Bertz CT molecular complexity index is 1870. The molecule has 0 saturated heterocycles. The third-order valence-corrected chi connectivity index (χ3v) is 6.83. The maximum atomic E-state index is 6.28. The van der Waals surface area contributed by atoms with Gasteiger partial charge in [-0.1, -0.05) is 121 Å². The summed E-state index contributed by atoms with van der Waals surface area (Å²) in [5.74, 6) is 1.92. The number of H-pyrrole nitrogens is 1. The lowest BCUT2D eigenvalue weighted by Gasteiger charge is -2.10. The van der Waals surface area contributed by atoms with Crippen LogP contribution in [0.1, 0.15) is 0 Å². The number of benzene rings is 5. The van der Waals surface area contributed by atoms with Gasteiger partial charge < -0.3 is 4.98 Å². The van der Waals surface area contributed by atoms with E-state index in [9.17, 15) is 0 Å². The fourth-order valence-electron chi connectivity index (χ4n) is 4.97. The van der Waals surface area contributed by atoms with Crippen LogP contribution >= 0.6 is 0 Å². The fraction of sp³-hybridized carbons (Fsp3) is 0. The van der Waals surface area contributed by atoms with Gasteiger partial charge in [0.25, 0.3) is 0 Å². The molecule has 0 atom stereocenters. The Hall–Kier alpha value is -5.03. The van der Waals surface area contributed by atoms with Crippen LogP contribution in [0.25, 0.3) is 67.1 Å². The zero-order chi connectivity index (χ0) is 25.5. The van der Waals surface area contributed by atoms with Gasteiger partial charge in [0, 0.05) is 38.5 Å². The van der Waals surface area contributed by atoms with Gasteiger partial charge in [-0.15, -0.1) is 0 Å². The molecule has 0 saturated carbocycles. The minimum Gasteiger partial charge on any atom is -0.354 e. The lowest BCUT2D eigenvalue weighted by Crippen LogP contribution is -2.02. The first-order chi connectivity index (χ1) is 18.7. The quantitative estimate of drug-likeness (QED) is 0.275. The highest BCUT2D eigenvalue weighted by atomic mass is 15.0. The maximum Gasteiger partial charge on any atom is 0.164 e. The predicted molar refractivity (Wildman–Crippen MR) is 156 cm³/mol. The number of aromatic nitrogens is 4. The summed E-state index contributed by atoms with van der Waals surface area (Å²) in [4.78, 5) is 18.2. The lowest BCUT2D eigenvalue weighted by molar-refractivity contribution is 1.07. The van der Waals surface area contributed by atoms with Gasteiger partial charge in [-0.2, -0.15) is 0 Å². The molecule has 4 nitrogen and oxygen atoms in total. The van der Waals surface area contributed by atoms with E-state index in [0.717, 1.165) is 55.1 Å². The van der Waals surface area contributed by atoms with Crippen molar-refractivity contribution >= 4 is 35.1 Å². The third-order valence-electron chi connectivity index (χ3n) is 6.83. The molecule has 2 radical (unpaired) electrons. The number of rotatable bonds is 4. The van der Waals surface area contributed by atoms with Crippen molar-refractivity contribution in [2.75, 3.05) is 0 Å². The van der Waals surface area contributed by atoms with Crippen molar-refractivity contribution in [3.8, 4) is 45.3 Å². The summed E-state index contributed by atoms with van der Waals surface area (Å²) in [5, 5.41) is 2.27. The number of nitrogens with zero attached hydrogens (tertiary/aromatic N) is 3. The SMILES string of the molecule is [B]c1cccc2c1[nH]c1c(-c3cccc(-c4nc(-c5ccccc5)nc(-c5ccccc5)n4)c3)cccc12. The Kier molecular flexibility index (Phi) is 5.33. The van der Waals surface area contributed by atoms with Crippen molar-refractivity contribution in [3.63, 3.8) is 0 Å². The minimum atomic E-state index is 0.632. The molecule has 0 aliphatic rings. The Morgan fingerprint density at radius 3 is 1.61 bits per heavy atom. The molecule has 2 aromatic heterocycles. The standard InChI is InChI=1S/C33H21BN4/c34-28-19-9-18-27-26-17-8-16-25(29(26)35-30(27)28)23-14-7-15-24(20-23)33-37-31(21-10-3-1-4-11-21)36-32(38-33)22-12-5-2-6-13-22/h1-20,35H. The van der Waals surface area contributed by atoms with Crippen molar-refractivity contribution in [1.29, 1.82) is 0 Å². The van der Waals surface area contributed by atoms with Gasteiger partial charge in [0.2, 0.25) is 0 Å². The van der Waals surface area contributed by atoms with Gasteiger partial charge in [0.15, 0.2) is 17.5 Å². The summed E-state index contributed by atoms with van der Waals surface area (Å²) in [5.41, 5.74) is 7.75. The number of hydrogen-bond donors (Lipinski definition) is 1. The molecule has 5 heteroatoms. The van der Waals surface area contributed by atoms with E-state index >= 15 is 0 Å². The van der Waals surface area contributed by atoms with Crippen LogP contribution in [-0.2, 0) is 0 Å². The lowest BCUT2D eigenvalue weighted by atomic mass is 9.93. The van der Waals surface area contributed by atoms with E-state index in [-0.39, 0.29) is 0 Å². The normalized spacial score (nSPS) is 11.3. The van der Waals surface area contributed by atoms with Crippen LogP contribution in [0.5, 0.6) is 0 Å². The van der Waals surface area contributed by atoms with E-state index in [0.29, 0.717) is 17.5 Å². The van der Waals surface area contributed by atoms with Crippen LogP contribution in [0.15, 0.2) is 121 Å². The molecular formula is C33H21BN4. The van der Waals surface area contributed by atoms with Crippen LogP contribution < -0.4 is 5.46 Å². The smallest absolute Gasteiger partial charge is 0.164 e. The third kappa shape index (κ3) is 3.85. The molecule has 176 valence electrons. The molecular weight excluding hydrogens is 463 g/mol. The van der Waals surface area contributed by atoms with E-state index in [1.54, 1.807) is 0 Å². The van der Waals surface area contributed by atoms with Gasteiger partial charge in [-0.3, -0.25) is 0 Å². The van der Waals surface area contributed by atoms with Crippen LogP contribution in [0.3, 0.4) is 0 Å². The number of fused-ring (bicyclic) bond motifs is 3. The monoisotopic (exact) mass is 484 g/mol. The summed E-state index contributed by atoms with van der Waals surface area (Å²) in [6, 6.07) is 40.8. The molecule has 0 aliphatic heterocycles. The second kappa shape index (κ2) is 9.13. The topological polar surface area (TPSA) is 54.5 Å². The van der Waals surface area contributed by atoms with Gasteiger partial charge in [-0.25, -0.2) is 15.0 Å². The minimum absolute atomic E-state index is 0.632. The molecule has 38 heavy (non-hydrogen) atoms. The van der Waals surface area contributed by atoms with E-state index in [1.807, 2.05) is 78.9 Å². The highest BCUT2D eigenvalue weighted by molar-refractivity contribution is 6.39. The molecule has 5 aromatic carbocycles. The number of para-hydroxylation sites is 2. The van der Waals surface area contributed by atoms with Crippen LogP contribution in [0, 0.1) is 0 Å². The summed E-state index contributed by atoms with van der Waals surface area (Å²) < 4.78 is 0. The van der Waals surface area contributed by atoms with E-state index in [2.05, 4.69) is 47.4 Å².